The Morgan fingerprint density at radius 3 is 2.84 bits per heavy atom. The van der Waals surface area contributed by atoms with E-state index in [1.807, 2.05) is 23.9 Å². The molecule has 37 heavy (non-hydrogen) atoms. The van der Waals surface area contributed by atoms with Crippen molar-refractivity contribution in [2.24, 2.45) is 23.5 Å². The third-order valence-corrected chi connectivity index (χ3v) is 9.45. The molecule has 1 aromatic heterocycles. The molecule has 1 aromatic carbocycles. The molecule has 0 unspecified atom stereocenters. The Hall–Kier alpha value is -2.43. The van der Waals surface area contributed by atoms with Crippen molar-refractivity contribution in [3.8, 4) is 5.75 Å². The van der Waals surface area contributed by atoms with Crippen molar-refractivity contribution in [2.75, 3.05) is 61.5 Å². The van der Waals surface area contributed by atoms with Gasteiger partial charge in [0.1, 0.15) is 5.75 Å². The highest BCUT2D eigenvalue weighted by molar-refractivity contribution is 7.99. The highest BCUT2D eigenvalue weighted by atomic mass is 35.5. The van der Waals surface area contributed by atoms with Crippen molar-refractivity contribution >= 4 is 40.6 Å². The molecule has 2 heterocycles. The zero-order valence-corrected chi connectivity index (χ0v) is 22.6. The highest BCUT2D eigenvalue weighted by Crippen LogP contribution is 2.54. The lowest BCUT2D eigenvalue weighted by molar-refractivity contribution is 0.307. The number of hydrogen-bond donors (Lipinski definition) is 3. The molecule has 2 saturated carbocycles. The van der Waals surface area contributed by atoms with Gasteiger partial charge < -0.3 is 31.3 Å². The summed E-state index contributed by atoms with van der Waals surface area (Å²) in [5.41, 5.74) is 14.7. The van der Waals surface area contributed by atoms with Crippen molar-refractivity contribution in [1.82, 2.24) is 14.9 Å². The maximum absolute atomic E-state index is 14.4. The molecule has 3 aliphatic rings. The number of anilines is 3. The van der Waals surface area contributed by atoms with Gasteiger partial charge in [-0.3, -0.25) is 0 Å². The maximum atomic E-state index is 14.4. The number of rotatable bonds is 9. The van der Waals surface area contributed by atoms with Crippen molar-refractivity contribution in [2.45, 2.75) is 24.1 Å². The second kappa shape index (κ2) is 11.1. The molecule has 200 valence electrons. The fraction of sp³-hybridized carbons (Fsp3) is 0.538. The van der Waals surface area contributed by atoms with Gasteiger partial charge in [0.2, 0.25) is 5.28 Å². The van der Waals surface area contributed by atoms with E-state index in [-0.39, 0.29) is 23.1 Å². The summed E-state index contributed by atoms with van der Waals surface area (Å²) in [6.45, 7) is 8.60. The van der Waals surface area contributed by atoms with Crippen LogP contribution in [0.5, 0.6) is 5.75 Å². The second-order valence-corrected chi connectivity index (χ2v) is 12.0. The van der Waals surface area contributed by atoms with Crippen LogP contribution in [-0.4, -0.2) is 71.7 Å². The lowest BCUT2D eigenvalue weighted by atomic mass is 9.82. The molecule has 0 amide bonds. The number of aromatic nitrogens is 2. The van der Waals surface area contributed by atoms with Crippen LogP contribution in [0.15, 0.2) is 36.7 Å². The van der Waals surface area contributed by atoms with Gasteiger partial charge in [0, 0.05) is 66.6 Å². The molecule has 2 aromatic rings. The molecule has 2 aliphatic carbocycles. The van der Waals surface area contributed by atoms with Crippen molar-refractivity contribution in [1.29, 1.82) is 0 Å². The number of likely N-dealkylation sites (N-methyl/N-ethyl adjacent to an activating group) is 1. The zero-order valence-electron chi connectivity index (χ0n) is 21.1. The molecule has 11 heteroatoms. The Morgan fingerprint density at radius 1 is 1.30 bits per heavy atom. The van der Waals surface area contributed by atoms with Crippen molar-refractivity contribution < 1.29 is 9.13 Å². The molecule has 2 bridgehead atoms. The van der Waals surface area contributed by atoms with Gasteiger partial charge in [-0.1, -0.05) is 6.58 Å². The summed E-state index contributed by atoms with van der Waals surface area (Å²) >= 11 is 7.83. The maximum Gasteiger partial charge on any atom is 0.224 e. The van der Waals surface area contributed by atoms with Gasteiger partial charge in [-0.05, 0) is 55.5 Å². The van der Waals surface area contributed by atoms with Crippen LogP contribution in [0.3, 0.4) is 0 Å². The average molecular weight is 548 g/mol. The number of nitrogens with zero attached hydrogens (tertiary/aromatic N) is 4. The van der Waals surface area contributed by atoms with Crippen LogP contribution in [0.25, 0.3) is 0 Å². The second-order valence-electron chi connectivity index (χ2n) is 10.3. The summed E-state index contributed by atoms with van der Waals surface area (Å²) in [4.78, 5) is 12.5. The standard InChI is InChI=1S/C26H35ClFN7OS/c1-15(29)23-16-11-18(24(23)32-25-19(28)14-31-26(27)33-25)22(12-16)37-10-9-36-21-13-17(30)3-4-20(21)35-7-5-34(2)6-8-35/h3-4,13-14,16,18,22-24H,1,5-12,29-30H2,2H3,(H,31,32,33)/t16-,18+,22+,23-,24+/m0/s1. The predicted octanol–water partition coefficient (Wildman–Crippen LogP) is 3.69. The topological polar surface area (TPSA) is 106 Å². The summed E-state index contributed by atoms with van der Waals surface area (Å²) in [5.74, 6) is 2.09. The minimum atomic E-state index is -0.524. The molecule has 8 nitrogen and oxygen atoms in total. The van der Waals surface area contributed by atoms with Gasteiger partial charge in [-0.2, -0.15) is 16.7 Å². The van der Waals surface area contributed by atoms with E-state index < -0.39 is 5.82 Å². The van der Waals surface area contributed by atoms with E-state index in [0.29, 0.717) is 35.1 Å². The molecule has 0 radical (unpaired) electrons. The summed E-state index contributed by atoms with van der Waals surface area (Å²) in [5, 5.41) is 3.72. The van der Waals surface area contributed by atoms with E-state index in [0.717, 1.165) is 62.4 Å². The Labute approximate surface area is 227 Å². The van der Waals surface area contributed by atoms with E-state index in [1.165, 1.54) is 0 Å². The summed E-state index contributed by atoms with van der Waals surface area (Å²) in [6.07, 6.45) is 3.18. The van der Waals surface area contributed by atoms with Gasteiger partial charge in [-0.15, -0.1) is 0 Å². The molecule has 3 fully saturated rings. The van der Waals surface area contributed by atoms with E-state index >= 15 is 0 Å². The van der Waals surface area contributed by atoms with Gasteiger partial charge >= 0.3 is 0 Å². The average Bonchev–Trinajstić information content (AvgIpc) is 3.43. The van der Waals surface area contributed by atoms with Crippen LogP contribution in [-0.2, 0) is 0 Å². The van der Waals surface area contributed by atoms with Gasteiger partial charge in [-0.25, -0.2) is 9.37 Å². The predicted molar refractivity (Wildman–Crippen MR) is 150 cm³/mol. The number of nitrogens with one attached hydrogen (secondary N) is 1. The van der Waals surface area contributed by atoms with Crippen LogP contribution in [0.1, 0.15) is 12.8 Å². The monoisotopic (exact) mass is 547 g/mol. The first kappa shape index (κ1) is 26.2. The number of nitrogens with two attached hydrogens (primary N) is 2. The number of benzene rings is 1. The molecule has 1 aliphatic heterocycles. The first-order valence-corrected chi connectivity index (χ1v) is 14.2. The molecule has 0 spiro atoms. The zero-order chi connectivity index (χ0) is 26.1. The SMILES string of the molecule is C=C(N)[C@H]1[C@H]2C[C@@H]([C@H]1Nc1nc(Cl)ncc1F)[C@H](SCCOc1cc(N)ccc1N1CCN(C)CC1)C2. The molecular formula is C26H35ClFN7OS. The van der Waals surface area contributed by atoms with E-state index in [9.17, 15) is 4.39 Å². The van der Waals surface area contributed by atoms with Crippen LogP contribution >= 0.6 is 23.4 Å². The number of piperazine rings is 1. The normalized spacial score (nSPS) is 27.4. The third-order valence-electron chi connectivity index (χ3n) is 7.89. The van der Waals surface area contributed by atoms with Crippen molar-refractivity contribution in [3.05, 3.63) is 47.8 Å². The smallest absolute Gasteiger partial charge is 0.224 e. The number of thioether (sulfide) groups is 1. The minimum Gasteiger partial charge on any atom is -0.490 e. The largest absolute Gasteiger partial charge is 0.490 e. The van der Waals surface area contributed by atoms with Crippen LogP contribution in [0.2, 0.25) is 5.28 Å². The minimum absolute atomic E-state index is 0.00995. The Balaban J connectivity index is 1.20. The lowest BCUT2D eigenvalue weighted by Crippen LogP contribution is -2.44. The first-order valence-electron chi connectivity index (χ1n) is 12.8. The van der Waals surface area contributed by atoms with E-state index in [4.69, 9.17) is 27.8 Å². The van der Waals surface area contributed by atoms with Crippen molar-refractivity contribution in [3.63, 3.8) is 0 Å². The van der Waals surface area contributed by atoms with Gasteiger partial charge in [0.05, 0.1) is 18.5 Å². The fourth-order valence-electron chi connectivity index (χ4n) is 6.13. The lowest BCUT2D eigenvalue weighted by Gasteiger charge is -2.36. The summed E-state index contributed by atoms with van der Waals surface area (Å²) in [7, 11) is 2.15. The first-order chi connectivity index (χ1) is 17.8. The fourth-order valence-corrected chi connectivity index (χ4v) is 7.66. The number of halogens is 2. The number of hydrogen-bond acceptors (Lipinski definition) is 9. The number of ether oxygens (including phenoxy) is 1. The van der Waals surface area contributed by atoms with E-state index in [1.54, 1.807) is 0 Å². The Morgan fingerprint density at radius 2 is 2.08 bits per heavy atom. The molecular weight excluding hydrogens is 513 g/mol. The highest BCUT2D eigenvalue weighted by Gasteiger charge is 2.53. The molecule has 5 rings (SSSR count). The van der Waals surface area contributed by atoms with Crippen LogP contribution < -0.4 is 26.4 Å². The number of fused-ring (bicyclic) bond motifs is 2. The molecule has 5 atom stereocenters. The summed E-state index contributed by atoms with van der Waals surface area (Å²) < 4.78 is 20.6. The van der Waals surface area contributed by atoms with E-state index in [2.05, 4.69) is 44.8 Å². The molecule has 1 saturated heterocycles. The Kier molecular flexibility index (Phi) is 7.88. The Bertz CT molecular complexity index is 1130. The quantitative estimate of drug-likeness (QED) is 0.246. The third kappa shape index (κ3) is 5.71. The van der Waals surface area contributed by atoms with Crippen LogP contribution in [0.4, 0.5) is 21.6 Å². The van der Waals surface area contributed by atoms with Gasteiger partial charge in [0.25, 0.3) is 0 Å². The molecule has 5 N–H and O–H groups in total. The summed E-state index contributed by atoms with van der Waals surface area (Å²) in [6, 6.07) is 5.88. The number of nitrogen functional groups attached to an aromatic ring is 1. The van der Waals surface area contributed by atoms with Crippen LogP contribution in [0, 0.1) is 23.6 Å². The van der Waals surface area contributed by atoms with Gasteiger partial charge in [0.15, 0.2) is 11.6 Å².